The molecule has 1 aromatic rings. The van der Waals surface area contributed by atoms with Gasteiger partial charge >= 0.3 is 0 Å². The predicted octanol–water partition coefficient (Wildman–Crippen LogP) is 1.71. The minimum absolute atomic E-state index is 0.250. The van der Waals surface area contributed by atoms with Gasteiger partial charge in [-0.3, -0.25) is 4.18 Å². The largest absolute Gasteiger partial charge is 0.347 e. The van der Waals surface area contributed by atoms with E-state index in [1.165, 1.54) is 0 Å². The van der Waals surface area contributed by atoms with E-state index in [2.05, 4.69) is 0 Å². The summed E-state index contributed by atoms with van der Waals surface area (Å²) in [5, 5.41) is 9.54. The van der Waals surface area contributed by atoms with Crippen LogP contribution in [0.15, 0.2) is 30.3 Å². The molecule has 0 spiro atoms. The molecular weight excluding hydrogens is 184 g/mol. The van der Waals surface area contributed by atoms with Crippen molar-refractivity contribution >= 4 is 11.2 Å². The van der Waals surface area contributed by atoms with Crippen LogP contribution < -0.4 is 4.18 Å². The molecule has 0 bridgehead atoms. The molecule has 0 aliphatic carbocycles. The Balaban J connectivity index is 1.98. The fraction of sp³-hybridized carbons (Fsp3) is 0.400. The molecule has 1 heterocycles. The molecule has 1 aliphatic heterocycles. The summed E-state index contributed by atoms with van der Waals surface area (Å²) in [6.07, 6.45) is 1.97. The Hall–Kier alpha value is -0.670. The highest BCUT2D eigenvalue weighted by Crippen LogP contribution is 2.23. The predicted molar refractivity (Wildman–Crippen MR) is 54.5 cm³/mol. The van der Waals surface area contributed by atoms with Crippen LogP contribution in [0, 0.1) is 0 Å². The second-order valence-corrected chi connectivity index (χ2v) is 4.96. The summed E-state index contributed by atoms with van der Waals surface area (Å²) in [7, 11) is 0. The van der Waals surface area contributed by atoms with Crippen LogP contribution in [0.2, 0.25) is 0 Å². The lowest BCUT2D eigenvalue weighted by Crippen LogP contribution is -2.21. The van der Waals surface area contributed by atoms with Crippen LogP contribution in [0.4, 0.5) is 0 Å². The lowest BCUT2D eigenvalue weighted by Gasteiger charge is -2.04. The molecule has 0 aromatic heterocycles. The van der Waals surface area contributed by atoms with E-state index in [1.54, 1.807) is 0 Å². The molecule has 3 heteroatoms. The molecule has 2 rings (SSSR count). The van der Waals surface area contributed by atoms with Gasteiger partial charge in [0.1, 0.15) is 0 Å². The van der Waals surface area contributed by atoms with Gasteiger partial charge in [-0.25, -0.2) is 0 Å². The Morgan fingerprint density at radius 3 is 2.69 bits per heavy atom. The fourth-order valence-electron chi connectivity index (χ4n) is 1.36. The van der Waals surface area contributed by atoms with Crippen molar-refractivity contribution in [1.29, 1.82) is 0 Å². The van der Waals surface area contributed by atoms with Gasteiger partial charge in [0.2, 0.25) is 11.2 Å². The number of rotatable bonds is 2. The van der Waals surface area contributed by atoms with Crippen molar-refractivity contribution in [1.82, 2.24) is 0 Å². The van der Waals surface area contributed by atoms with Crippen molar-refractivity contribution in [3.8, 4) is 5.75 Å². The van der Waals surface area contributed by atoms with Crippen molar-refractivity contribution in [2.45, 2.75) is 18.3 Å². The van der Waals surface area contributed by atoms with E-state index in [1.807, 2.05) is 30.3 Å². The molecule has 2 unspecified atom stereocenters. The zero-order chi connectivity index (χ0) is 9.10. The topological polar surface area (TPSA) is 29.5 Å². The maximum Gasteiger partial charge on any atom is 0.258 e. The first-order valence-electron chi connectivity index (χ1n) is 4.47. The Kier molecular flexibility index (Phi) is 2.76. The molecule has 1 N–H and O–H groups in total. The highest BCUT2D eigenvalue weighted by atomic mass is 32.2. The zero-order valence-electron chi connectivity index (χ0n) is 7.35. The van der Waals surface area contributed by atoms with Crippen molar-refractivity contribution in [3.63, 3.8) is 0 Å². The van der Waals surface area contributed by atoms with Crippen LogP contribution in [0.1, 0.15) is 12.8 Å². The van der Waals surface area contributed by atoms with Crippen molar-refractivity contribution in [2.24, 2.45) is 0 Å². The van der Waals surface area contributed by atoms with Gasteiger partial charge in [-0.2, -0.15) is 0 Å². The molecule has 0 amide bonds. The minimum atomic E-state index is -0.267. The number of hydrogen-bond acceptors (Lipinski definition) is 2. The number of aliphatic hydroxyl groups excluding tert-OH is 1. The lowest BCUT2D eigenvalue weighted by atomic mass is 10.3. The molecule has 2 nitrogen and oxygen atoms in total. The molecule has 0 saturated carbocycles. The van der Waals surface area contributed by atoms with Gasteiger partial charge in [0, 0.05) is 12.8 Å². The Labute approximate surface area is 81.1 Å². The van der Waals surface area contributed by atoms with Gasteiger partial charge in [-0.15, -0.1) is 0 Å². The molecule has 1 fully saturated rings. The number of aliphatic hydroxyl groups is 1. The highest BCUT2D eigenvalue weighted by Gasteiger charge is 2.38. The van der Waals surface area contributed by atoms with E-state index in [4.69, 9.17) is 4.18 Å². The first-order valence-corrected chi connectivity index (χ1v) is 5.85. The molecule has 1 saturated heterocycles. The number of hydrogen-bond donors (Lipinski definition) is 1. The maximum absolute atomic E-state index is 9.54. The lowest BCUT2D eigenvalue weighted by molar-refractivity contribution is 0.251. The summed E-state index contributed by atoms with van der Waals surface area (Å²) in [6.45, 7) is 0. The van der Waals surface area contributed by atoms with Crippen LogP contribution >= 0.6 is 0 Å². The summed E-state index contributed by atoms with van der Waals surface area (Å²) in [6, 6.07) is 9.71. The highest BCUT2D eigenvalue weighted by molar-refractivity contribution is 7.93. The van der Waals surface area contributed by atoms with E-state index in [-0.39, 0.29) is 16.6 Å². The van der Waals surface area contributed by atoms with Crippen molar-refractivity contribution < 1.29 is 9.29 Å². The van der Waals surface area contributed by atoms with E-state index in [9.17, 15) is 5.11 Å². The molecular formula is C10H13O2S+. The zero-order valence-corrected chi connectivity index (χ0v) is 8.17. The summed E-state index contributed by atoms with van der Waals surface area (Å²) < 4.78 is 5.67. The summed E-state index contributed by atoms with van der Waals surface area (Å²) in [5.74, 6) is 1.86. The standard InChI is InChI=1S/C10H13O2S/c11-10-7-4-8-13(10)12-9-5-2-1-3-6-9/h1-3,5-6,10-11H,4,7-8H2/q+1. The Morgan fingerprint density at radius 2 is 2.08 bits per heavy atom. The van der Waals surface area contributed by atoms with Crippen molar-refractivity contribution in [3.05, 3.63) is 30.3 Å². The first kappa shape index (κ1) is 8.91. The smallest absolute Gasteiger partial charge is 0.258 e. The monoisotopic (exact) mass is 197 g/mol. The quantitative estimate of drug-likeness (QED) is 0.731. The minimum Gasteiger partial charge on any atom is -0.347 e. The Bertz CT molecular complexity index is 263. The average molecular weight is 197 g/mol. The normalized spacial score (nSPS) is 27.5. The molecule has 0 radical (unpaired) electrons. The van der Waals surface area contributed by atoms with E-state index in [0.29, 0.717) is 0 Å². The number of benzene rings is 1. The molecule has 1 aliphatic rings. The third-order valence-corrected chi connectivity index (χ3v) is 3.99. The van der Waals surface area contributed by atoms with Crippen LogP contribution in [-0.2, 0) is 11.2 Å². The van der Waals surface area contributed by atoms with Gasteiger partial charge in [0.15, 0.2) is 11.5 Å². The molecule has 13 heavy (non-hydrogen) atoms. The third kappa shape index (κ3) is 2.17. The molecule has 70 valence electrons. The second kappa shape index (κ2) is 4.03. The van der Waals surface area contributed by atoms with Gasteiger partial charge < -0.3 is 5.11 Å². The summed E-state index contributed by atoms with van der Waals surface area (Å²) >= 11 is -0.267. The first-order chi connectivity index (χ1) is 6.36. The third-order valence-electron chi connectivity index (χ3n) is 2.05. The fourth-order valence-corrected chi connectivity index (χ4v) is 3.07. The molecule has 2 atom stereocenters. The van der Waals surface area contributed by atoms with Crippen LogP contribution in [0.5, 0.6) is 5.75 Å². The summed E-state index contributed by atoms with van der Waals surface area (Å²) in [5.41, 5.74) is -0.250. The van der Waals surface area contributed by atoms with Crippen LogP contribution in [0.25, 0.3) is 0 Å². The molecule has 1 aromatic carbocycles. The van der Waals surface area contributed by atoms with Gasteiger partial charge in [-0.05, 0) is 12.1 Å². The van der Waals surface area contributed by atoms with Gasteiger partial charge in [0.25, 0.3) is 5.44 Å². The summed E-state index contributed by atoms with van der Waals surface area (Å²) in [4.78, 5) is 0. The van der Waals surface area contributed by atoms with Crippen molar-refractivity contribution in [2.75, 3.05) is 5.75 Å². The van der Waals surface area contributed by atoms with Gasteiger partial charge in [-0.1, -0.05) is 18.2 Å². The average Bonchev–Trinajstić information content (AvgIpc) is 2.54. The van der Waals surface area contributed by atoms with Crippen LogP contribution in [0.3, 0.4) is 0 Å². The number of para-hydroxylation sites is 1. The van der Waals surface area contributed by atoms with E-state index in [0.717, 1.165) is 24.3 Å². The van der Waals surface area contributed by atoms with E-state index < -0.39 is 0 Å². The maximum atomic E-state index is 9.54. The van der Waals surface area contributed by atoms with Crippen LogP contribution in [-0.4, -0.2) is 16.3 Å². The SMILES string of the molecule is OC1CCC[S+]1Oc1ccccc1. The second-order valence-electron chi connectivity index (χ2n) is 3.08. The van der Waals surface area contributed by atoms with Gasteiger partial charge in [0.05, 0.1) is 0 Å². The van der Waals surface area contributed by atoms with E-state index >= 15 is 0 Å². The Morgan fingerprint density at radius 1 is 1.31 bits per heavy atom.